The molecule has 0 bridgehead atoms. The quantitative estimate of drug-likeness (QED) is 0.841. The molecule has 0 unspecified atom stereocenters. The van der Waals surface area contributed by atoms with Crippen molar-refractivity contribution in [1.29, 1.82) is 0 Å². The van der Waals surface area contributed by atoms with Gasteiger partial charge in [-0.15, -0.1) is 0 Å². The van der Waals surface area contributed by atoms with Crippen molar-refractivity contribution >= 4 is 15.9 Å². The van der Waals surface area contributed by atoms with E-state index in [-0.39, 0.29) is 0 Å². The van der Waals surface area contributed by atoms with Crippen LogP contribution in [0.1, 0.15) is 28.3 Å². The van der Waals surface area contributed by atoms with Gasteiger partial charge in [-0.2, -0.15) is 0 Å². The molecule has 0 saturated heterocycles. The Morgan fingerprint density at radius 2 is 1.42 bits per heavy atom. The van der Waals surface area contributed by atoms with Crippen LogP contribution in [-0.2, 0) is 14.8 Å². The molecule has 2 aromatic rings. The molecule has 2 aromatic carbocycles. The average Bonchev–Trinajstić information content (AvgIpc) is 2.54. The number of aryl methyl sites for hydroxylation is 2. The highest BCUT2D eigenvalue weighted by molar-refractivity contribution is 7.90. The summed E-state index contributed by atoms with van der Waals surface area (Å²) < 4.78 is 25.4. The summed E-state index contributed by atoms with van der Waals surface area (Å²) in [7, 11) is -2.32. The van der Waals surface area contributed by atoms with Gasteiger partial charge < -0.3 is 5.32 Å². The topological polar surface area (TPSA) is 75.3 Å². The number of nitrogens with one attached hydrogen (secondary N) is 2. The summed E-state index contributed by atoms with van der Waals surface area (Å²) in [5.74, 6) is -1.14. The molecule has 0 atom stereocenters. The van der Waals surface area contributed by atoms with Gasteiger partial charge in [0.2, 0.25) is 15.9 Å². The second-order valence-electron chi connectivity index (χ2n) is 5.68. The standard InChI is InChI=1S/C18H22N2O3S/c1-13-8-4-6-10-15(13)18(16-11-7-5-9-14(16)2)20-17(21)12-24(22,23)19-3/h4-11,18-19H,12H2,1-3H3,(H,20,21). The molecular formula is C18H22N2O3S. The molecule has 0 aromatic heterocycles. The minimum Gasteiger partial charge on any atom is -0.344 e. The van der Waals surface area contributed by atoms with Gasteiger partial charge in [0.15, 0.2) is 0 Å². The van der Waals surface area contributed by atoms with E-state index in [1.165, 1.54) is 7.05 Å². The van der Waals surface area contributed by atoms with E-state index >= 15 is 0 Å². The van der Waals surface area contributed by atoms with Gasteiger partial charge in [0, 0.05) is 0 Å². The third-order valence-corrected chi connectivity index (χ3v) is 5.20. The number of benzene rings is 2. The molecule has 0 saturated carbocycles. The Kier molecular flexibility index (Phi) is 5.75. The maximum Gasteiger partial charge on any atom is 0.237 e. The fourth-order valence-electron chi connectivity index (χ4n) is 2.59. The lowest BCUT2D eigenvalue weighted by Crippen LogP contribution is -2.37. The molecule has 2 N–H and O–H groups in total. The summed E-state index contributed by atoms with van der Waals surface area (Å²) in [6, 6.07) is 15.1. The predicted molar refractivity (Wildman–Crippen MR) is 95.2 cm³/mol. The van der Waals surface area contributed by atoms with Crippen molar-refractivity contribution in [2.45, 2.75) is 19.9 Å². The smallest absolute Gasteiger partial charge is 0.237 e. The molecule has 0 fully saturated rings. The molecule has 0 spiro atoms. The van der Waals surface area contributed by atoms with Crippen molar-refractivity contribution in [2.24, 2.45) is 0 Å². The Morgan fingerprint density at radius 3 is 1.83 bits per heavy atom. The molecule has 128 valence electrons. The molecule has 0 heterocycles. The van der Waals surface area contributed by atoms with Crippen LogP contribution in [0, 0.1) is 13.8 Å². The Labute approximate surface area is 143 Å². The number of hydrogen-bond donors (Lipinski definition) is 2. The largest absolute Gasteiger partial charge is 0.344 e. The van der Waals surface area contributed by atoms with Crippen LogP contribution in [0.5, 0.6) is 0 Å². The number of amides is 1. The summed E-state index contributed by atoms with van der Waals surface area (Å²) in [5, 5.41) is 2.86. The minimum atomic E-state index is -3.61. The molecule has 24 heavy (non-hydrogen) atoms. The SMILES string of the molecule is CNS(=O)(=O)CC(=O)NC(c1ccccc1C)c1ccccc1C. The molecule has 0 radical (unpaired) electrons. The van der Waals surface area contributed by atoms with Crippen LogP contribution < -0.4 is 10.0 Å². The lowest BCUT2D eigenvalue weighted by Gasteiger charge is -2.23. The number of hydrogen-bond acceptors (Lipinski definition) is 3. The van der Waals surface area contributed by atoms with Gasteiger partial charge in [0.05, 0.1) is 6.04 Å². The van der Waals surface area contributed by atoms with Crippen LogP contribution in [0.3, 0.4) is 0 Å². The van der Waals surface area contributed by atoms with E-state index in [1.54, 1.807) is 0 Å². The van der Waals surface area contributed by atoms with Crippen LogP contribution in [-0.4, -0.2) is 27.1 Å². The monoisotopic (exact) mass is 346 g/mol. The fraction of sp³-hybridized carbons (Fsp3) is 0.278. The van der Waals surface area contributed by atoms with Gasteiger partial charge in [-0.25, -0.2) is 13.1 Å². The van der Waals surface area contributed by atoms with Crippen molar-refractivity contribution in [1.82, 2.24) is 10.0 Å². The van der Waals surface area contributed by atoms with Crippen LogP contribution in [0.15, 0.2) is 48.5 Å². The first-order chi connectivity index (χ1) is 11.3. The number of carbonyl (C=O) groups excluding carboxylic acids is 1. The molecule has 0 aliphatic heterocycles. The molecule has 6 heteroatoms. The van der Waals surface area contributed by atoms with Gasteiger partial charge >= 0.3 is 0 Å². The lowest BCUT2D eigenvalue weighted by molar-refractivity contribution is -0.119. The van der Waals surface area contributed by atoms with E-state index in [1.807, 2.05) is 62.4 Å². The first-order valence-electron chi connectivity index (χ1n) is 7.65. The van der Waals surface area contributed by atoms with Gasteiger partial charge in [-0.3, -0.25) is 4.79 Å². The Morgan fingerprint density at radius 1 is 0.958 bits per heavy atom. The summed E-state index contributed by atoms with van der Waals surface area (Å²) in [4.78, 5) is 12.3. The zero-order valence-corrected chi connectivity index (χ0v) is 14.9. The van der Waals surface area contributed by atoms with Gasteiger partial charge in [0.1, 0.15) is 5.75 Å². The predicted octanol–water partition coefficient (Wildman–Crippen LogP) is 2.06. The summed E-state index contributed by atoms with van der Waals surface area (Å²) in [6.45, 7) is 3.94. The maximum absolute atomic E-state index is 12.3. The molecular weight excluding hydrogens is 324 g/mol. The highest BCUT2D eigenvalue weighted by Gasteiger charge is 2.22. The fourth-order valence-corrected chi connectivity index (χ4v) is 3.16. The summed E-state index contributed by atoms with van der Waals surface area (Å²) >= 11 is 0. The van der Waals surface area contributed by atoms with Crippen molar-refractivity contribution in [2.75, 3.05) is 12.8 Å². The molecule has 0 aliphatic carbocycles. The van der Waals surface area contributed by atoms with Crippen molar-refractivity contribution in [3.63, 3.8) is 0 Å². The van der Waals surface area contributed by atoms with Crippen molar-refractivity contribution < 1.29 is 13.2 Å². The Balaban J connectivity index is 2.40. The minimum absolute atomic E-state index is 0.396. The zero-order chi connectivity index (χ0) is 17.7. The van der Waals surface area contributed by atoms with E-state index in [2.05, 4.69) is 10.0 Å². The Bertz CT molecular complexity index is 786. The van der Waals surface area contributed by atoms with Gasteiger partial charge in [-0.1, -0.05) is 48.5 Å². The lowest BCUT2D eigenvalue weighted by atomic mass is 9.92. The van der Waals surface area contributed by atoms with Crippen molar-refractivity contribution in [3.05, 3.63) is 70.8 Å². The van der Waals surface area contributed by atoms with Gasteiger partial charge in [0.25, 0.3) is 0 Å². The van der Waals surface area contributed by atoms with E-state index in [9.17, 15) is 13.2 Å². The van der Waals surface area contributed by atoms with Gasteiger partial charge in [-0.05, 0) is 43.1 Å². The van der Waals surface area contributed by atoms with E-state index in [0.29, 0.717) is 0 Å². The highest BCUT2D eigenvalue weighted by atomic mass is 32.2. The molecule has 0 aliphatic rings. The number of carbonyl (C=O) groups is 1. The first kappa shape index (κ1) is 18.2. The zero-order valence-electron chi connectivity index (χ0n) is 14.0. The molecule has 5 nitrogen and oxygen atoms in total. The van der Waals surface area contributed by atoms with Crippen LogP contribution in [0.25, 0.3) is 0 Å². The molecule has 2 rings (SSSR count). The number of rotatable bonds is 6. The van der Waals surface area contributed by atoms with E-state index in [4.69, 9.17) is 0 Å². The summed E-state index contributed by atoms with van der Waals surface area (Å²) in [5.41, 5.74) is 3.95. The second kappa shape index (κ2) is 7.59. The van der Waals surface area contributed by atoms with Crippen LogP contribution in [0.2, 0.25) is 0 Å². The van der Waals surface area contributed by atoms with Crippen molar-refractivity contribution in [3.8, 4) is 0 Å². The molecule has 1 amide bonds. The Hall–Kier alpha value is -2.18. The van der Waals surface area contributed by atoms with Crippen LogP contribution >= 0.6 is 0 Å². The third kappa shape index (κ3) is 4.43. The van der Waals surface area contributed by atoms with E-state index in [0.717, 1.165) is 22.3 Å². The third-order valence-electron chi connectivity index (χ3n) is 3.94. The summed E-state index contributed by atoms with van der Waals surface area (Å²) in [6.07, 6.45) is 0. The van der Waals surface area contributed by atoms with Crippen LogP contribution in [0.4, 0.5) is 0 Å². The first-order valence-corrected chi connectivity index (χ1v) is 9.31. The number of sulfonamides is 1. The maximum atomic E-state index is 12.3. The second-order valence-corrected chi connectivity index (χ2v) is 7.60. The average molecular weight is 346 g/mol. The normalized spacial score (nSPS) is 11.5. The highest BCUT2D eigenvalue weighted by Crippen LogP contribution is 2.27. The van der Waals surface area contributed by atoms with E-state index < -0.39 is 27.7 Å².